The van der Waals surface area contributed by atoms with E-state index in [0.717, 1.165) is 23.4 Å². The molecule has 1 saturated heterocycles. The van der Waals surface area contributed by atoms with E-state index in [9.17, 15) is 9.59 Å². The summed E-state index contributed by atoms with van der Waals surface area (Å²) < 4.78 is 11.2. The van der Waals surface area contributed by atoms with Crippen LogP contribution in [-0.4, -0.2) is 41.3 Å². The smallest absolute Gasteiger partial charge is 0.270 e. The predicted molar refractivity (Wildman–Crippen MR) is 95.3 cm³/mol. The van der Waals surface area contributed by atoms with Crippen LogP contribution in [0.1, 0.15) is 64.2 Å². The molecule has 0 bridgehead atoms. The number of furan rings is 1. The molecule has 1 fully saturated rings. The maximum absolute atomic E-state index is 13.1. The van der Waals surface area contributed by atoms with Crippen molar-refractivity contribution in [3.63, 3.8) is 0 Å². The van der Waals surface area contributed by atoms with E-state index < -0.39 is 0 Å². The largest absolute Gasteiger partial charge is 0.467 e. The lowest BCUT2D eigenvalue weighted by Gasteiger charge is -2.31. The highest BCUT2D eigenvalue weighted by Gasteiger charge is 2.36. The van der Waals surface area contributed by atoms with E-state index in [-0.39, 0.29) is 23.2 Å². The monoisotopic (exact) mass is 356 g/mol. The second kappa shape index (κ2) is 6.13. The number of H-pyrrole nitrogens is 1. The van der Waals surface area contributed by atoms with Gasteiger partial charge in [0.05, 0.1) is 19.4 Å². The number of hydrogen-bond donors (Lipinski definition) is 1. The Morgan fingerprint density at radius 3 is 2.88 bits per heavy atom. The topological polar surface area (TPSA) is 75.5 Å². The standard InChI is InChI=1S/C20H24N2O4/c1-12-17-13(9-20(2,3)10-14(17)23)21-18(12)19(24)22-6-8-26-16(11-22)15-5-4-7-25-15/h4-5,7,16,21H,6,8-11H2,1-3H3. The van der Waals surface area contributed by atoms with Crippen molar-refractivity contribution < 1.29 is 18.7 Å². The third-order valence-electron chi connectivity index (χ3n) is 5.33. The molecule has 26 heavy (non-hydrogen) atoms. The van der Waals surface area contributed by atoms with Crippen molar-refractivity contribution in [3.05, 3.63) is 46.7 Å². The minimum Gasteiger partial charge on any atom is -0.467 e. The minimum absolute atomic E-state index is 0.0783. The molecule has 2 aliphatic rings. The van der Waals surface area contributed by atoms with E-state index in [4.69, 9.17) is 9.15 Å². The number of Topliss-reactive ketones (excluding diaryl/α,β-unsaturated/α-hetero) is 1. The molecular formula is C20H24N2O4. The van der Waals surface area contributed by atoms with Crippen LogP contribution in [0.15, 0.2) is 22.8 Å². The van der Waals surface area contributed by atoms with Gasteiger partial charge in [0, 0.05) is 24.2 Å². The van der Waals surface area contributed by atoms with Crippen LogP contribution >= 0.6 is 0 Å². The van der Waals surface area contributed by atoms with Crippen LogP contribution in [0.3, 0.4) is 0 Å². The maximum Gasteiger partial charge on any atom is 0.270 e. The Kier molecular flexibility index (Phi) is 4.03. The molecule has 0 radical (unpaired) electrons. The van der Waals surface area contributed by atoms with Crippen LogP contribution in [-0.2, 0) is 11.2 Å². The molecule has 1 atom stereocenters. The van der Waals surface area contributed by atoms with E-state index in [2.05, 4.69) is 18.8 Å². The van der Waals surface area contributed by atoms with Crippen molar-refractivity contribution in [2.24, 2.45) is 5.41 Å². The van der Waals surface area contributed by atoms with Gasteiger partial charge in [-0.2, -0.15) is 0 Å². The number of morpholine rings is 1. The number of ketones is 1. The van der Waals surface area contributed by atoms with Gasteiger partial charge in [-0.25, -0.2) is 0 Å². The summed E-state index contributed by atoms with van der Waals surface area (Å²) in [6, 6.07) is 3.67. The number of amides is 1. The zero-order valence-electron chi connectivity index (χ0n) is 15.4. The first-order valence-electron chi connectivity index (χ1n) is 9.04. The highest BCUT2D eigenvalue weighted by Crippen LogP contribution is 2.37. The molecule has 1 aliphatic heterocycles. The summed E-state index contributed by atoms with van der Waals surface area (Å²) in [5.74, 6) is 0.767. The Balaban J connectivity index is 1.60. The normalized spacial score (nSPS) is 22.3. The summed E-state index contributed by atoms with van der Waals surface area (Å²) in [5.41, 5.74) is 2.82. The van der Waals surface area contributed by atoms with Gasteiger partial charge in [0.1, 0.15) is 17.6 Å². The highest BCUT2D eigenvalue weighted by atomic mass is 16.5. The van der Waals surface area contributed by atoms with Crippen molar-refractivity contribution in [2.45, 2.75) is 39.7 Å². The van der Waals surface area contributed by atoms with Crippen LogP contribution in [0.4, 0.5) is 0 Å². The zero-order valence-corrected chi connectivity index (χ0v) is 15.4. The summed E-state index contributed by atoms with van der Waals surface area (Å²) in [7, 11) is 0. The number of hydrogen-bond acceptors (Lipinski definition) is 4. The van der Waals surface area contributed by atoms with Crippen molar-refractivity contribution in [2.75, 3.05) is 19.7 Å². The summed E-state index contributed by atoms with van der Waals surface area (Å²) in [6.45, 7) is 7.46. The van der Waals surface area contributed by atoms with Crippen LogP contribution in [0.2, 0.25) is 0 Å². The number of ether oxygens (including phenoxy) is 1. The average molecular weight is 356 g/mol. The van der Waals surface area contributed by atoms with E-state index in [1.165, 1.54) is 0 Å². The Morgan fingerprint density at radius 1 is 1.35 bits per heavy atom. The fourth-order valence-electron chi connectivity index (χ4n) is 4.08. The van der Waals surface area contributed by atoms with Gasteiger partial charge in [-0.15, -0.1) is 0 Å². The Labute approximate surface area is 152 Å². The molecule has 6 nitrogen and oxygen atoms in total. The van der Waals surface area contributed by atoms with Crippen molar-refractivity contribution in [3.8, 4) is 0 Å². The first kappa shape index (κ1) is 17.1. The first-order chi connectivity index (χ1) is 12.4. The van der Waals surface area contributed by atoms with Crippen LogP contribution in [0.5, 0.6) is 0 Å². The number of aromatic amines is 1. The number of fused-ring (bicyclic) bond motifs is 1. The molecule has 1 amide bonds. The van der Waals surface area contributed by atoms with Gasteiger partial charge in [0.15, 0.2) is 5.78 Å². The number of aromatic nitrogens is 1. The summed E-state index contributed by atoms with van der Waals surface area (Å²) in [5, 5.41) is 0. The van der Waals surface area contributed by atoms with Crippen LogP contribution in [0.25, 0.3) is 0 Å². The number of rotatable bonds is 2. The molecule has 0 spiro atoms. The van der Waals surface area contributed by atoms with E-state index in [1.807, 2.05) is 19.1 Å². The van der Waals surface area contributed by atoms with Gasteiger partial charge in [-0.1, -0.05) is 13.8 Å². The van der Waals surface area contributed by atoms with Gasteiger partial charge < -0.3 is 19.0 Å². The molecule has 4 rings (SSSR count). The molecular weight excluding hydrogens is 332 g/mol. The molecule has 1 N–H and O–H groups in total. The molecule has 0 aromatic carbocycles. The quantitative estimate of drug-likeness (QED) is 0.896. The third-order valence-corrected chi connectivity index (χ3v) is 5.33. The van der Waals surface area contributed by atoms with Crippen molar-refractivity contribution in [1.82, 2.24) is 9.88 Å². The molecule has 2 aromatic rings. The summed E-state index contributed by atoms with van der Waals surface area (Å²) in [6.07, 6.45) is 2.65. The molecule has 3 heterocycles. The van der Waals surface area contributed by atoms with Crippen LogP contribution < -0.4 is 0 Å². The third kappa shape index (κ3) is 2.88. The van der Waals surface area contributed by atoms with Gasteiger partial charge in [0.25, 0.3) is 5.91 Å². The number of carbonyl (C=O) groups is 2. The number of nitrogens with one attached hydrogen (secondary N) is 1. The van der Waals surface area contributed by atoms with Gasteiger partial charge in [-0.3, -0.25) is 9.59 Å². The average Bonchev–Trinajstić information content (AvgIpc) is 3.21. The Morgan fingerprint density at radius 2 is 2.15 bits per heavy atom. The summed E-state index contributed by atoms with van der Waals surface area (Å²) in [4.78, 5) is 30.7. The number of nitrogens with zero attached hydrogens (tertiary/aromatic N) is 1. The van der Waals surface area contributed by atoms with E-state index >= 15 is 0 Å². The molecule has 1 aliphatic carbocycles. The lowest BCUT2D eigenvalue weighted by molar-refractivity contribution is -0.0323. The fourth-order valence-corrected chi connectivity index (χ4v) is 4.08. The first-order valence-corrected chi connectivity index (χ1v) is 9.04. The van der Waals surface area contributed by atoms with E-state index in [0.29, 0.717) is 37.4 Å². The Bertz CT molecular complexity index is 848. The lowest BCUT2D eigenvalue weighted by Crippen LogP contribution is -2.42. The highest BCUT2D eigenvalue weighted by molar-refractivity contribution is 6.04. The molecule has 6 heteroatoms. The summed E-state index contributed by atoms with van der Waals surface area (Å²) >= 11 is 0. The molecule has 138 valence electrons. The van der Waals surface area contributed by atoms with E-state index in [1.54, 1.807) is 11.2 Å². The molecule has 0 saturated carbocycles. The SMILES string of the molecule is Cc1c(C(=O)N2CCOC(c3ccco3)C2)[nH]c2c1C(=O)CC(C)(C)C2. The van der Waals surface area contributed by atoms with Gasteiger partial charge >= 0.3 is 0 Å². The van der Waals surface area contributed by atoms with Crippen LogP contribution in [0, 0.1) is 12.3 Å². The molecule has 1 unspecified atom stereocenters. The lowest BCUT2D eigenvalue weighted by atomic mass is 9.75. The second-order valence-corrected chi connectivity index (χ2v) is 8.05. The minimum atomic E-state index is -0.256. The fraction of sp³-hybridized carbons (Fsp3) is 0.500. The van der Waals surface area contributed by atoms with Gasteiger partial charge in [-0.05, 0) is 36.5 Å². The van der Waals surface area contributed by atoms with Crippen molar-refractivity contribution >= 4 is 11.7 Å². The van der Waals surface area contributed by atoms with Gasteiger partial charge in [0.2, 0.25) is 0 Å². The van der Waals surface area contributed by atoms with Crippen molar-refractivity contribution in [1.29, 1.82) is 0 Å². The number of carbonyl (C=O) groups excluding carboxylic acids is 2. The maximum atomic E-state index is 13.1. The Hall–Kier alpha value is -2.34. The predicted octanol–water partition coefficient (Wildman–Crippen LogP) is 3.28. The zero-order chi connectivity index (χ0) is 18.5. The molecule has 2 aromatic heterocycles. The second-order valence-electron chi connectivity index (χ2n) is 8.05.